The molecule has 2 heterocycles. The van der Waals surface area contributed by atoms with Crippen LogP contribution in [0, 0.1) is 0 Å². The lowest BCUT2D eigenvalue weighted by Crippen LogP contribution is -2.21. The van der Waals surface area contributed by atoms with E-state index in [0.29, 0.717) is 28.4 Å². The Labute approximate surface area is 149 Å². The number of Topliss-reactive ketones (excluding diaryl/α,β-unsaturated/α-hetero) is 1. The van der Waals surface area contributed by atoms with Crippen molar-refractivity contribution < 1.29 is 31.9 Å². The van der Waals surface area contributed by atoms with Gasteiger partial charge in [0.25, 0.3) is 17.6 Å². The first-order valence-corrected chi connectivity index (χ1v) is 7.92. The number of thiophene rings is 1. The van der Waals surface area contributed by atoms with Crippen LogP contribution in [0.4, 0.5) is 13.2 Å². The number of ketones is 1. The number of hydrogen-bond acceptors (Lipinski definition) is 7. The highest BCUT2D eigenvalue weighted by Gasteiger charge is 2.40. The van der Waals surface area contributed by atoms with Gasteiger partial charge in [0.2, 0.25) is 0 Å². The number of aromatic nitrogens is 2. The van der Waals surface area contributed by atoms with Crippen molar-refractivity contribution >= 4 is 17.1 Å². The standard InChI is InChI=1S/C16H11F3N2O4S/c1-23-8-3-4-10(24-2)9(7-8)14-20-21-15(25-14)12-6-5-11(26-12)13(22)16(17,18)19/h3-7H,1-2H3. The zero-order chi connectivity index (χ0) is 18.9. The van der Waals surface area contributed by atoms with Crippen molar-refractivity contribution in [1.29, 1.82) is 0 Å². The monoisotopic (exact) mass is 384 g/mol. The SMILES string of the molecule is COc1ccc(OC)c(-c2nnc(-c3ccc(C(=O)C(F)(F)F)s3)o2)c1. The predicted molar refractivity (Wildman–Crippen MR) is 86.5 cm³/mol. The molecule has 0 bridgehead atoms. The number of ether oxygens (including phenoxy) is 2. The van der Waals surface area contributed by atoms with Crippen LogP contribution in [0.2, 0.25) is 0 Å². The van der Waals surface area contributed by atoms with Crippen LogP contribution in [0.5, 0.6) is 11.5 Å². The Morgan fingerprint density at radius 3 is 2.46 bits per heavy atom. The van der Waals surface area contributed by atoms with Crippen molar-refractivity contribution in [2.45, 2.75) is 6.18 Å². The summed E-state index contributed by atoms with van der Waals surface area (Å²) < 4.78 is 53.4. The summed E-state index contributed by atoms with van der Waals surface area (Å²) in [6, 6.07) is 7.37. The fourth-order valence-corrected chi connectivity index (χ4v) is 3.01. The van der Waals surface area contributed by atoms with E-state index in [4.69, 9.17) is 13.9 Å². The first kappa shape index (κ1) is 17.9. The summed E-state index contributed by atoms with van der Waals surface area (Å²) in [5.41, 5.74) is 0.466. The lowest BCUT2D eigenvalue weighted by molar-refractivity contribution is -0.0882. The largest absolute Gasteiger partial charge is 0.497 e. The Kier molecular flexibility index (Phi) is 4.68. The minimum absolute atomic E-state index is 0.00361. The smallest absolute Gasteiger partial charge is 0.455 e. The van der Waals surface area contributed by atoms with Crippen LogP contribution in [0.25, 0.3) is 22.2 Å². The van der Waals surface area contributed by atoms with Gasteiger partial charge < -0.3 is 13.9 Å². The van der Waals surface area contributed by atoms with Gasteiger partial charge >= 0.3 is 6.18 Å². The highest BCUT2D eigenvalue weighted by atomic mass is 32.1. The second-order valence-electron chi connectivity index (χ2n) is 4.97. The maximum Gasteiger partial charge on any atom is 0.455 e. The molecule has 26 heavy (non-hydrogen) atoms. The van der Waals surface area contributed by atoms with Gasteiger partial charge in [-0.3, -0.25) is 4.79 Å². The van der Waals surface area contributed by atoms with Gasteiger partial charge in [0, 0.05) is 0 Å². The van der Waals surface area contributed by atoms with Gasteiger partial charge in [-0.15, -0.1) is 21.5 Å². The first-order valence-electron chi connectivity index (χ1n) is 7.11. The molecule has 0 unspecified atom stereocenters. The summed E-state index contributed by atoms with van der Waals surface area (Å²) >= 11 is 0.625. The molecular formula is C16H11F3N2O4S. The van der Waals surface area contributed by atoms with Crippen molar-refractivity contribution in [1.82, 2.24) is 10.2 Å². The van der Waals surface area contributed by atoms with E-state index in [9.17, 15) is 18.0 Å². The van der Waals surface area contributed by atoms with Gasteiger partial charge in [0.15, 0.2) is 0 Å². The lowest BCUT2D eigenvalue weighted by atomic mass is 10.2. The maximum absolute atomic E-state index is 12.5. The number of hydrogen-bond donors (Lipinski definition) is 0. The molecule has 10 heteroatoms. The number of alkyl halides is 3. The summed E-state index contributed by atoms with van der Waals surface area (Å²) in [5.74, 6) is -0.818. The molecular weight excluding hydrogens is 373 g/mol. The Bertz CT molecular complexity index is 949. The summed E-state index contributed by atoms with van der Waals surface area (Å²) in [6.07, 6.45) is -4.93. The second kappa shape index (κ2) is 6.79. The fraction of sp³-hybridized carbons (Fsp3) is 0.188. The van der Waals surface area contributed by atoms with E-state index in [1.54, 1.807) is 18.2 Å². The third-order valence-electron chi connectivity index (χ3n) is 3.36. The van der Waals surface area contributed by atoms with Crippen LogP contribution in [0.1, 0.15) is 9.67 Å². The molecule has 0 aliphatic carbocycles. The summed E-state index contributed by atoms with van der Waals surface area (Å²) in [7, 11) is 2.96. The number of rotatable bonds is 5. The number of carbonyl (C=O) groups excluding carboxylic acids is 1. The summed E-state index contributed by atoms with van der Waals surface area (Å²) in [5, 5.41) is 7.73. The lowest BCUT2D eigenvalue weighted by Gasteiger charge is -2.07. The maximum atomic E-state index is 12.5. The summed E-state index contributed by atoms with van der Waals surface area (Å²) in [6.45, 7) is 0. The number of carbonyl (C=O) groups is 1. The van der Waals surface area contributed by atoms with Crippen molar-refractivity contribution in [2.75, 3.05) is 14.2 Å². The zero-order valence-electron chi connectivity index (χ0n) is 13.5. The molecule has 0 fully saturated rings. The van der Waals surface area contributed by atoms with Crippen molar-refractivity contribution in [3.05, 3.63) is 35.2 Å². The third kappa shape index (κ3) is 3.40. The highest BCUT2D eigenvalue weighted by molar-refractivity contribution is 7.17. The van der Waals surface area contributed by atoms with Crippen LogP contribution in [0.3, 0.4) is 0 Å². The van der Waals surface area contributed by atoms with E-state index in [2.05, 4.69) is 10.2 Å². The Morgan fingerprint density at radius 2 is 1.81 bits per heavy atom. The molecule has 0 radical (unpaired) electrons. The van der Waals surface area contributed by atoms with E-state index < -0.39 is 16.8 Å². The van der Waals surface area contributed by atoms with Crippen LogP contribution < -0.4 is 9.47 Å². The molecule has 0 aliphatic heterocycles. The van der Waals surface area contributed by atoms with Gasteiger partial charge in [-0.05, 0) is 30.3 Å². The van der Waals surface area contributed by atoms with E-state index in [-0.39, 0.29) is 16.7 Å². The number of methoxy groups -OCH3 is 2. The normalized spacial score (nSPS) is 11.4. The minimum Gasteiger partial charge on any atom is -0.497 e. The van der Waals surface area contributed by atoms with E-state index >= 15 is 0 Å². The number of nitrogens with zero attached hydrogens (tertiary/aromatic N) is 2. The third-order valence-corrected chi connectivity index (χ3v) is 4.43. The Hall–Kier alpha value is -2.88. The molecule has 0 saturated heterocycles. The molecule has 0 atom stereocenters. The van der Waals surface area contributed by atoms with E-state index in [0.717, 1.165) is 6.07 Å². The molecule has 0 spiro atoms. The Balaban J connectivity index is 1.94. The molecule has 0 amide bonds. The topological polar surface area (TPSA) is 74.5 Å². The molecule has 6 nitrogen and oxygen atoms in total. The van der Waals surface area contributed by atoms with Crippen molar-refractivity contribution in [2.24, 2.45) is 0 Å². The average Bonchev–Trinajstić information content (AvgIpc) is 3.28. The Morgan fingerprint density at radius 1 is 1.08 bits per heavy atom. The van der Waals surface area contributed by atoms with Crippen LogP contribution in [-0.2, 0) is 0 Å². The van der Waals surface area contributed by atoms with Crippen LogP contribution in [-0.4, -0.2) is 36.4 Å². The van der Waals surface area contributed by atoms with Gasteiger partial charge in [-0.2, -0.15) is 13.2 Å². The fourth-order valence-electron chi connectivity index (χ4n) is 2.13. The van der Waals surface area contributed by atoms with Crippen molar-refractivity contribution in [3.63, 3.8) is 0 Å². The van der Waals surface area contributed by atoms with Gasteiger partial charge in [-0.1, -0.05) is 0 Å². The molecule has 1 aromatic carbocycles. The van der Waals surface area contributed by atoms with Crippen molar-refractivity contribution in [3.8, 4) is 33.7 Å². The average molecular weight is 384 g/mol. The van der Waals surface area contributed by atoms with Gasteiger partial charge in [0.1, 0.15) is 11.5 Å². The molecule has 0 saturated carbocycles. The van der Waals surface area contributed by atoms with Gasteiger partial charge in [0.05, 0.1) is 29.5 Å². The highest BCUT2D eigenvalue weighted by Crippen LogP contribution is 2.36. The minimum atomic E-state index is -4.93. The first-order chi connectivity index (χ1) is 12.3. The quantitative estimate of drug-likeness (QED) is 0.613. The van der Waals surface area contributed by atoms with Gasteiger partial charge in [-0.25, -0.2) is 0 Å². The second-order valence-corrected chi connectivity index (χ2v) is 6.05. The summed E-state index contributed by atoms with van der Waals surface area (Å²) in [4.78, 5) is 11.1. The predicted octanol–water partition coefficient (Wildman–Crippen LogP) is 4.23. The molecule has 3 aromatic rings. The zero-order valence-corrected chi connectivity index (χ0v) is 14.3. The molecule has 3 rings (SSSR count). The van der Waals surface area contributed by atoms with Crippen LogP contribution in [0.15, 0.2) is 34.7 Å². The van der Waals surface area contributed by atoms with Crippen LogP contribution >= 0.6 is 11.3 Å². The number of benzene rings is 1. The van der Waals surface area contributed by atoms with E-state index in [1.807, 2.05) is 0 Å². The molecule has 0 aliphatic rings. The number of halogens is 3. The molecule has 0 N–H and O–H groups in total. The van der Waals surface area contributed by atoms with E-state index in [1.165, 1.54) is 20.3 Å². The molecule has 2 aromatic heterocycles. The molecule has 136 valence electrons.